The number of rotatable bonds is 1. The Bertz CT molecular complexity index is 572. The molecule has 1 N–H and O–H groups in total. The Kier molecular flexibility index (Phi) is 2.02. The first-order valence-corrected chi connectivity index (χ1v) is 4.22. The van der Waals surface area contributed by atoms with Gasteiger partial charge in [0.1, 0.15) is 16.9 Å². The van der Waals surface area contributed by atoms with E-state index in [4.69, 9.17) is 0 Å². The lowest BCUT2D eigenvalue weighted by molar-refractivity contribution is 0.146. The van der Waals surface area contributed by atoms with Gasteiger partial charge in [0.2, 0.25) is 0 Å². The van der Waals surface area contributed by atoms with Gasteiger partial charge in [0.15, 0.2) is 5.65 Å². The van der Waals surface area contributed by atoms with Gasteiger partial charge in [-0.1, -0.05) is 0 Å². The molecule has 0 aliphatic heterocycles. The summed E-state index contributed by atoms with van der Waals surface area (Å²) < 4.78 is 26.2. The van der Waals surface area contributed by atoms with Crippen molar-refractivity contribution in [1.82, 2.24) is 19.7 Å². The molecule has 0 radical (unpaired) electrons. The van der Waals surface area contributed by atoms with Crippen molar-refractivity contribution in [1.29, 1.82) is 0 Å². The van der Waals surface area contributed by atoms with Crippen LogP contribution < -0.4 is 5.56 Å². The van der Waals surface area contributed by atoms with Crippen LogP contribution in [0.1, 0.15) is 17.9 Å². The molecule has 7 heteroatoms. The molecular weight excluding hydrogens is 206 g/mol. The van der Waals surface area contributed by atoms with Crippen molar-refractivity contribution in [3.63, 3.8) is 0 Å². The van der Waals surface area contributed by atoms with Crippen LogP contribution in [0, 0.1) is 6.92 Å². The van der Waals surface area contributed by atoms with Gasteiger partial charge in [-0.25, -0.2) is 18.4 Å². The summed E-state index contributed by atoms with van der Waals surface area (Å²) in [6.07, 6.45) is -2.78. The van der Waals surface area contributed by atoms with Gasteiger partial charge >= 0.3 is 0 Å². The van der Waals surface area contributed by atoms with E-state index in [9.17, 15) is 13.6 Å². The van der Waals surface area contributed by atoms with Crippen molar-refractivity contribution in [3.05, 3.63) is 21.9 Å². The van der Waals surface area contributed by atoms with Crippen molar-refractivity contribution in [2.24, 2.45) is 7.05 Å². The highest BCUT2D eigenvalue weighted by molar-refractivity contribution is 5.77. The minimum atomic E-state index is -2.78. The molecule has 0 bridgehead atoms. The van der Waals surface area contributed by atoms with Crippen molar-refractivity contribution in [2.45, 2.75) is 13.3 Å². The summed E-state index contributed by atoms with van der Waals surface area (Å²) in [5.41, 5.74) is -0.936. The van der Waals surface area contributed by atoms with Gasteiger partial charge < -0.3 is 4.98 Å². The second kappa shape index (κ2) is 3.11. The van der Waals surface area contributed by atoms with Gasteiger partial charge in [0, 0.05) is 7.05 Å². The SMILES string of the molecule is Cc1nc2c(c(C(F)F)nn2C)c(=O)[nH]1. The van der Waals surface area contributed by atoms with Gasteiger partial charge in [0.25, 0.3) is 12.0 Å². The molecule has 0 aliphatic carbocycles. The lowest BCUT2D eigenvalue weighted by Gasteiger charge is -1.95. The van der Waals surface area contributed by atoms with Crippen LogP contribution in [0.25, 0.3) is 11.0 Å². The molecule has 0 saturated carbocycles. The van der Waals surface area contributed by atoms with E-state index >= 15 is 0 Å². The number of halogens is 2. The molecule has 0 aromatic carbocycles. The number of fused-ring (bicyclic) bond motifs is 1. The number of nitrogens with one attached hydrogen (secondary N) is 1. The predicted molar refractivity (Wildman–Crippen MR) is 48.8 cm³/mol. The Morgan fingerprint density at radius 2 is 2.13 bits per heavy atom. The molecule has 0 atom stereocenters. The zero-order valence-corrected chi connectivity index (χ0v) is 8.08. The topological polar surface area (TPSA) is 63.6 Å². The third kappa shape index (κ3) is 1.39. The molecule has 15 heavy (non-hydrogen) atoms. The number of hydrogen-bond acceptors (Lipinski definition) is 3. The van der Waals surface area contributed by atoms with E-state index in [1.165, 1.54) is 11.7 Å². The Balaban J connectivity index is 2.94. The van der Waals surface area contributed by atoms with Crippen molar-refractivity contribution < 1.29 is 8.78 Å². The molecule has 0 spiro atoms. The second-order valence-electron chi connectivity index (χ2n) is 3.16. The smallest absolute Gasteiger partial charge is 0.283 e. The lowest BCUT2D eigenvalue weighted by Crippen LogP contribution is -2.10. The Labute approximate surface area is 82.7 Å². The van der Waals surface area contributed by atoms with Gasteiger partial charge in [-0.2, -0.15) is 5.10 Å². The molecule has 0 fully saturated rings. The van der Waals surface area contributed by atoms with Crippen molar-refractivity contribution in [3.8, 4) is 0 Å². The van der Waals surface area contributed by atoms with Crippen LogP contribution in [0.5, 0.6) is 0 Å². The second-order valence-corrected chi connectivity index (χ2v) is 3.16. The Hall–Kier alpha value is -1.79. The highest BCUT2D eigenvalue weighted by Crippen LogP contribution is 2.22. The zero-order chi connectivity index (χ0) is 11.2. The van der Waals surface area contributed by atoms with E-state index in [2.05, 4.69) is 15.1 Å². The third-order valence-electron chi connectivity index (χ3n) is 2.05. The maximum absolute atomic E-state index is 12.5. The first-order chi connectivity index (χ1) is 7.00. The average molecular weight is 214 g/mol. The molecule has 5 nitrogen and oxygen atoms in total. The molecular formula is C8H8F2N4O. The van der Waals surface area contributed by atoms with Crippen LogP contribution in [0.3, 0.4) is 0 Å². The minimum Gasteiger partial charge on any atom is -0.310 e. The summed E-state index contributed by atoms with van der Waals surface area (Å²) in [4.78, 5) is 17.8. The van der Waals surface area contributed by atoms with Crippen LogP contribution >= 0.6 is 0 Å². The molecule has 2 aromatic rings. The number of aromatic nitrogens is 4. The summed E-state index contributed by atoms with van der Waals surface area (Å²) >= 11 is 0. The van der Waals surface area contributed by atoms with E-state index in [1.807, 2.05) is 0 Å². The van der Waals surface area contributed by atoms with Crippen LogP contribution in [0.4, 0.5) is 8.78 Å². The molecule has 0 saturated heterocycles. The van der Waals surface area contributed by atoms with Gasteiger partial charge in [-0.15, -0.1) is 0 Å². The number of aryl methyl sites for hydroxylation is 2. The maximum Gasteiger partial charge on any atom is 0.283 e. The number of nitrogens with zero attached hydrogens (tertiary/aromatic N) is 3. The fourth-order valence-electron chi connectivity index (χ4n) is 1.45. The van der Waals surface area contributed by atoms with Crippen LogP contribution in [-0.2, 0) is 7.05 Å². The van der Waals surface area contributed by atoms with Gasteiger partial charge in [-0.3, -0.25) is 4.79 Å². The summed E-state index contributed by atoms with van der Waals surface area (Å²) in [6.45, 7) is 1.58. The first-order valence-electron chi connectivity index (χ1n) is 4.22. The number of alkyl halides is 2. The van der Waals surface area contributed by atoms with Gasteiger partial charge in [0.05, 0.1) is 0 Å². The van der Waals surface area contributed by atoms with Crippen LogP contribution in [0.15, 0.2) is 4.79 Å². The van der Waals surface area contributed by atoms with Crippen molar-refractivity contribution >= 4 is 11.0 Å². The summed E-state index contributed by atoms with van der Waals surface area (Å²) in [5.74, 6) is 0.372. The average Bonchev–Trinajstić information content (AvgIpc) is 2.44. The Morgan fingerprint density at radius 3 is 2.73 bits per heavy atom. The predicted octanol–water partition coefficient (Wildman–Crippen LogP) is 0.903. The van der Waals surface area contributed by atoms with E-state index < -0.39 is 17.7 Å². The molecule has 0 unspecified atom stereocenters. The normalized spacial score (nSPS) is 11.5. The van der Waals surface area contributed by atoms with E-state index in [0.717, 1.165) is 0 Å². The number of hydrogen-bond donors (Lipinski definition) is 1. The molecule has 2 aromatic heterocycles. The first kappa shape index (κ1) is 9.75. The molecule has 2 rings (SSSR count). The fourth-order valence-corrected chi connectivity index (χ4v) is 1.45. The third-order valence-corrected chi connectivity index (χ3v) is 2.05. The quantitative estimate of drug-likeness (QED) is 0.767. The van der Waals surface area contributed by atoms with Crippen LogP contribution in [-0.4, -0.2) is 19.7 Å². The summed E-state index contributed by atoms with van der Waals surface area (Å²) in [7, 11) is 1.47. The highest BCUT2D eigenvalue weighted by Gasteiger charge is 2.21. The molecule has 2 heterocycles. The fraction of sp³-hybridized carbons (Fsp3) is 0.375. The largest absolute Gasteiger partial charge is 0.310 e. The zero-order valence-electron chi connectivity index (χ0n) is 8.08. The minimum absolute atomic E-state index is 0.141. The lowest BCUT2D eigenvalue weighted by atomic mass is 10.3. The number of H-pyrrole nitrogens is 1. The number of aromatic amines is 1. The molecule has 0 amide bonds. The standard InChI is InChI=1S/C8H8F2N4O/c1-3-11-7-4(8(15)12-3)5(6(9)10)13-14(7)2/h6H,1-2H3,(H,11,12,15). The molecule has 0 aliphatic rings. The maximum atomic E-state index is 12.5. The summed E-state index contributed by atoms with van der Waals surface area (Å²) in [5, 5.41) is 3.43. The summed E-state index contributed by atoms with van der Waals surface area (Å²) in [6, 6.07) is 0. The van der Waals surface area contributed by atoms with E-state index in [-0.39, 0.29) is 11.0 Å². The highest BCUT2D eigenvalue weighted by atomic mass is 19.3. The molecule has 80 valence electrons. The van der Waals surface area contributed by atoms with Crippen LogP contribution in [0.2, 0.25) is 0 Å². The Morgan fingerprint density at radius 1 is 1.47 bits per heavy atom. The van der Waals surface area contributed by atoms with Crippen molar-refractivity contribution in [2.75, 3.05) is 0 Å². The van der Waals surface area contributed by atoms with E-state index in [1.54, 1.807) is 6.92 Å². The monoisotopic (exact) mass is 214 g/mol. The van der Waals surface area contributed by atoms with E-state index in [0.29, 0.717) is 5.82 Å². The van der Waals surface area contributed by atoms with Gasteiger partial charge in [-0.05, 0) is 6.92 Å².